The second-order valence-electron chi connectivity index (χ2n) is 17.2. The maximum atomic E-state index is 2.47. The van der Waals surface area contributed by atoms with Gasteiger partial charge in [-0.25, -0.2) is 0 Å². The molecule has 11 aromatic carbocycles. The van der Waals surface area contributed by atoms with Crippen molar-refractivity contribution in [1.82, 2.24) is 0 Å². The van der Waals surface area contributed by atoms with Crippen LogP contribution in [-0.2, 0) is 5.41 Å². The Morgan fingerprint density at radius 1 is 0.262 bits per heavy atom. The molecule has 1 aliphatic carbocycles. The van der Waals surface area contributed by atoms with Gasteiger partial charge in [-0.2, -0.15) is 0 Å². The molecule has 0 aromatic heterocycles. The average molecular weight is 775 g/mol. The van der Waals surface area contributed by atoms with E-state index in [0.717, 1.165) is 0 Å². The minimum absolute atomic E-state index is 0.126. The molecule has 0 saturated heterocycles. The molecule has 0 heteroatoms. The van der Waals surface area contributed by atoms with Gasteiger partial charge in [0.25, 0.3) is 0 Å². The molecular formula is C61H42. The van der Waals surface area contributed by atoms with Crippen LogP contribution in [-0.4, -0.2) is 0 Å². The summed E-state index contributed by atoms with van der Waals surface area (Å²) >= 11 is 0. The number of rotatable bonds is 5. The lowest BCUT2D eigenvalue weighted by molar-refractivity contribution is 0.661. The molecule has 1 aliphatic rings. The first-order valence-corrected chi connectivity index (χ1v) is 21.4. The summed E-state index contributed by atoms with van der Waals surface area (Å²) in [7, 11) is 0. The van der Waals surface area contributed by atoms with Crippen LogP contribution in [0.2, 0.25) is 0 Å². The summed E-state index contributed by atoms with van der Waals surface area (Å²) in [5.41, 5.74) is 17.7. The van der Waals surface area contributed by atoms with Crippen LogP contribution in [0.15, 0.2) is 218 Å². The van der Waals surface area contributed by atoms with E-state index in [4.69, 9.17) is 0 Å². The van der Waals surface area contributed by atoms with Gasteiger partial charge in [-0.15, -0.1) is 0 Å². The molecule has 61 heavy (non-hydrogen) atoms. The predicted molar refractivity (Wildman–Crippen MR) is 261 cm³/mol. The van der Waals surface area contributed by atoms with E-state index in [0.29, 0.717) is 0 Å². The Hall–Kier alpha value is -7.54. The van der Waals surface area contributed by atoms with Crippen molar-refractivity contribution in [1.29, 1.82) is 0 Å². The summed E-state index contributed by atoms with van der Waals surface area (Å²) in [6, 6.07) is 81.3. The lowest BCUT2D eigenvalue weighted by Crippen LogP contribution is -2.15. The molecule has 0 saturated carbocycles. The minimum atomic E-state index is -0.126. The van der Waals surface area contributed by atoms with Gasteiger partial charge in [0.15, 0.2) is 0 Å². The molecule has 0 nitrogen and oxygen atoms in total. The van der Waals surface area contributed by atoms with Crippen LogP contribution in [0, 0.1) is 0 Å². The number of fused-ring (bicyclic) bond motifs is 8. The van der Waals surface area contributed by atoms with Gasteiger partial charge in [-0.3, -0.25) is 0 Å². The van der Waals surface area contributed by atoms with Crippen molar-refractivity contribution in [2.75, 3.05) is 0 Å². The number of benzene rings is 11. The first kappa shape index (κ1) is 35.4. The highest BCUT2D eigenvalue weighted by Crippen LogP contribution is 2.53. The van der Waals surface area contributed by atoms with Crippen molar-refractivity contribution < 1.29 is 0 Å². The monoisotopic (exact) mass is 774 g/mol. The van der Waals surface area contributed by atoms with Crippen LogP contribution in [0.3, 0.4) is 0 Å². The first-order chi connectivity index (χ1) is 30.0. The van der Waals surface area contributed by atoms with Gasteiger partial charge in [-0.05, 0) is 145 Å². The largest absolute Gasteiger partial charge is 0.0622 e. The molecule has 11 aromatic rings. The first-order valence-electron chi connectivity index (χ1n) is 21.4. The van der Waals surface area contributed by atoms with Crippen molar-refractivity contribution in [3.8, 4) is 66.8 Å². The fraction of sp³-hybridized carbons (Fsp3) is 0.0492. The topological polar surface area (TPSA) is 0 Å². The van der Waals surface area contributed by atoms with Crippen molar-refractivity contribution in [2.45, 2.75) is 19.3 Å². The van der Waals surface area contributed by atoms with Crippen molar-refractivity contribution in [2.24, 2.45) is 0 Å². The quantitative estimate of drug-likeness (QED) is 0.121. The van der Waals surface area contributed by atoms with Crippen LogP contribution in [0.1, 0.15) is 25.0 Å². The summed E-state index contributed by atoms with van der Waals surface area (Å²) < 4.78 is 0. The fourth-order valence-electron chi connectivity index (χ4n) is 10.5. The van der Waals surface area contributed by atoms with E-state index in [2.05, 4.69) is 232 Å². The van der Waals surface area contributed by atoms with Gasteiger partial charge in [0.1, 0.15) is 0 Å². The molecule has 0 fully saturated rings. The standard InChI is InChI=1S/C61H42/c1-61(2)56-38-44(30-33-49(56)55-35-42-22-9-10-23-43(42)37-57(55)61)47-32-31-45(36-54(47)40-19-7-4-8-20-40)58-51-27-15-16-28-52(51)60(59-48-25-12-11-21-41(48)29-34-53(58)59)50-26-14-13-24-46(50)39-17-5-3-6-18-39/h3-38H,1-2H3. The normalized spacial score (nSPS) is 12.9. The summed E-state index contributed by atoms with van der Waals surface area (Å²) in [5, 5.41) is 10.1. The van der Waals surface area contributed by atoms with E-state index < -0.39 is 0 Å². The molecule has 286 valence electrons. The van der Waals surface area contributed by atoms with Gasteiger partial charge < -0.3 is 0 Å². The second kappa shape index (κ2) is 13.8. The highest BCUT2D eigenvalue weighted by Gasteiger charge is 2.36. The van der Waals surface area contributed by atoms with Crippen LogP contribution in [0.5, 0.6) is 0 Å². The maximum Gasteiger partial charge on any atom is 0.0159 e. The lowest BCUT2D eigenvalue weighted by atomic mass is 9.80. The molecule has 0 heterocycles. The van der Waals surface area contributed by atoms with Crippen molar-refractivity contribution in [3.05, 3.63) is 230 Å². The minimum Gasteiger partial charge on any atom is -0.0622 e. The molecule has 0 N–H and O–H groups in total. The zero-order valence-electron chi connectivity index (χ0n) is 34.3. The van der Waals surface area contributed by atoms with E-state index in [1.54, 1.807) is 0 Å². The Morgan fingerprint density at radius 2 is 0.787 bits per heavy atom. The van der Waals surface area contributed by atoms with Crippen LogP contribution < -0.4 is 0 Å². The Labute approximate surface area is 357 Å². The lowest BCUT2D eigenvalue weighted by Gasteiger charge is -2.23. The molecule has 0 unspecified atom stereocenters. The molecule has 0 spiro atoms. The van der Waals surface area contributed by atoms with Crippen LogP contribution in [0.4, 0.5) is 0 Å². The Kier molecular flexibility index (Phi) is 7.99. The third-order valence-electron chi connectivity index (χ3n) is 13.4. The molecular weight excluding hydrogens is 733 g/mol. The molecule has 0 radical (unpaired) electrons. The van der Waals surface area contributed by atoms with Crippen LogP contribution >= 0.6 is 0 Å². The summed E-state index contributed by atoms with van der Waals surface area (Å²) in [5.74, 6) is 0. The zero-order chi connectivity index (χ0) is 40.7. The van der Waals surface area contributed by atoms with Gasteiger partial charge in [0, 0.05) is 5.41 Å². The Bertz CT molecular complexity index is 3530. The molecule has 0 amide bonds. The number of hydrogen-bond donors (Lipinski definition) is 0. The molecule has 0 bridgehead atoms. The van der Waals surface area contributed by atoms with Gasteiger partial charge in [0.05, 0.1) is 0 Å². The Balaban J connectivity index is 1.11. The maximum absolute atomic E-state index is 2.47. The second-order valence-corrected chi connectivity index (χ2v) is 17.2. The highest BCUT2D eigenvalue weighted by molar-refractivity contribution is 6.28. The van der Waals surface area contributed by atoms with Gasteiger partial charge >= 0.3 is 0 Å². The summed E-state index contributed by atoms with van der Waals surface area (Å²) in [6.07, 6.45) is 0. The molecule has 0 atom stereocenters. The van der Waals surface area contributed by atoms with E-state index in [1.165, 1.54) is 121 Å². The smallest absolute Gasteiger partial charge is 0.0159 e. The number of hydrogen-bond acceptors (Lipinski definition) is 0. The molecule has 12 rings (SSSR count). The average Bonchev–Trinajstić information content (AvgIpc) is 3.54. The van der Waals surface area contributed by atoms with E-state index in [1.807, 2.05) is 0 Å². The third kappa shape index (κ3) is 5.53. The Morgan fingerprint density at radius 3 is 1.52 bits per heavy atom. The van der Waals surface area contributed by atoms with Crippen LogP contribution in [0.25, 0.3) is 110 Å². The molecule has 0 aliphatic heterocycles. The third-order valence-corrected chi connectivity index (χ3v) is 13.4. The van der Waals surface area contributed by atoms with E-state index >= 15 is 0 Å². The SMILES string of the molecule is CC1(C)c2cc(-c3ccc(-c4c5ccccc5c(-c5ccccc5-c5ccccc5)c5c4ccc4ccccc45)cc3-c3ccccc3)ccc2-c2cc3ccccc3cc21. The van der Waals surface area contributed by atoms with Gasteiger partial charge in [-0.1, -0.05) is 208 Å². The van der Waals surface area contributed by atoms with E-state index in [-0.39, 0.29) is 5.41 Å². The van der Waals surface area contributed by atoms with Crippen molar-refractivity contribution >= 4 is 43.1 Å². The van der Waals surface area contributed by atoms with Gasteiger partial charge in [0.2, 0.25) is 0 Å². The fourth-order valence-corrected chi connectivity index (χ4v) is 10.5. The summed E-state index contributed by atoms with van der Waals surface area (Å²) in [6.45, 7) is 4.78. The van der Waals surface area contributed by atoms with Crippen molar-refractivity contribution in [3.63, 3.8) is 0 Å². The van der Waals surface area contributed by atoms with E-state index in [9.17, 15) is 0 Å². The predicted octanol–water partition coefficient (Wildman–Crippen LogP) is 16.9. The zero-order valence-corrected chi connectivity index (χ0v) is 34.3. The highest BCUT2D eigenvalue weighted by atomic mass is 14.4. The summed E-state index contributed by atoms with van der Waals surface area (Å²) in [4.78, 5) is 0.